The highest BCUT2D eigenvalue weighted by Crippen LogP contribution is 2.34. The van der Waals surface area contributed by atoms with E-state index in [2.05, 4.69) is 22.9 Å². The summed E-state index contributed by atoms with van der Waals surface area (Å²) in [5.74, 6) is 0. The van der Waals surface area contributed by atoms with Crippen molar-refractivity contribution in [2.75, 3.05) is 31.2 Å². The summed E-state index contributed by atoms with van der Waals surface area (Å²) in [4.78, 5) is 7.71. The normalized spacial score (nSPS) is 16.2. The molecule has 1 fully saturated rings. The lowest BCUT2D eigenvalue weighted by atomic mass is 10.1. The second kappa shape index (κ2) is 6.85. The number of morpholine rings is 1. The number of fused-ring (bicyclic) bond motifs is 1. The number of aryl methyl sites for hydroxylation is 2. The highest BCUT2D eigenvalue weighted by molar-refractivity contribution is 7.83. The molecule has 6 heteroatoms. The summed E-state index contributed by atoms with van der Waals surface area (Å²) in [5, 5.41) is 1.09. The number of nitrogens with zero attached hydrogens (tertiary/aromatic N) is 3. The summed E-state index contributed by atoms with van der Waals surface area (Å²) in [6.07, 6.45) is 1.81. The van der Waals surface area contributed by atoms with Gasteiger partial charge in [-0.15, -0.1) is 0 Å². The molecule has 1 aromatic carbocycles. The standard InChI is InChI=1S/C20H23N3O2S/c1-14-4-6-17(7-5-14)26(24)23-16(3)15(2)19-18(8-9-21-20(19)23)22-10-12-25-13-11-22/h4-9H,10-13H2,1-3H3. The largest absolute Gasteiger partial charge is 0.378 e. The van der Waals surface area contributed by atoms with Gasteiger partial charge in [0.15, 0.2) is 16.6 Å². The molecule has 26 heavy (non-hydrogen) atoms. The molecule has 4 rings (SSSR count). The van der Waals surface area contributed by atoms with Crippen molar-refractivity contribution in [1.82, 2.24) is 8.96 Å². The van der Waals surface area contributed by atoms with Crippen LogP contribution in [0.15, 0.2) is 41.4 Å². The van der Waals surface area contributed by atoms with E-state index in [9.17, 15) is 4.21 Å². The molecule has 136 valence electrons. The van der Waals surface area contributed by atoms with E-state index in [0.29, 0.717) is 0 Å². The molecular weight excluding hydrogens is 346 g/mol. The monoisotopic (exact) mass is 369 g/mol. The molecule has 2 aromatic heterocycles. The zero-order chi connectivity index (χ0) is 18.3. The Morgan fingerprint density at radius 2 is 1.73 bits per heavy atom. The molecule has 0 radical (unpaired) electrons. The lowest BCUT2D eigenvalue weighted by Crippen LogP contribution is -2.36. The summed E-state index contributed by atoms with van der Waals surface area (Å²) in [7, 11) is -1.32. The average molecular weight is 369 g/mol. The van der Waals surface area contributed by atoms with Crippen molar-refractivity contribution in [3.63, 3.8) is 0 Å². The highest BCUT2D eigenvalue weighted by Gasteiger charge is 2.23. The van der Waals surface area contributed by atoms with Gasteiger partial charge < -0.3 is 9.64 Å². The number of anilines is 1. The van der Waals surface area contributed by atoms with Crippen molar-refractivity contribution >= 4 is 27.7 Å². The molecule has 0 bridgehead atoms. The van der Waals surface area contributed by atoms with Gasteiger partial charge in [0.25, 0.3) is 0 Å². The van der Waals surface area contributed by atoms with Crippen LogP contribution in [-0.2, 0) is 15.7 Å². The van der Waals surface area contributed by atoms with Gasteiger partial charge in [0.2, 0.25) is 0 Å². The van der Waals surface area contributed by atoms with Crippen molar-refractivity contribution in [3.8, 4) is 0 Å². The molecule has 0 amide bonds. The minimum atomic E-state index is -1.32. The fraction of sp³-hybridized carbons (Fsp3) is 0.350. The third kappa shape index (κ3) is 2.83. The van der Waals surface area contributed by atoms with Gasteiger partial charge in [-0.25, -0.2) is 13.2 Å². The number of pyridine rings is 1. The van der Waals surface area contributed by atoms with Crippen molar-refractivity contribution < 1.29 is 8.95 Å². The van der Waals surface area contributed by atoms with Gasteiger partial charge in [-0.2, -0.15) is 0 Å². The Morgan fingerprint density at radius 1 is 1.04 bits per heavy atom. The fourth-order valence-corrected chi connectivity index (χ4v) is 4.74. The van der Waals surface area contributed by atoms with Crippen LogP contribution in [0.1, 0.15) is 16.8 Å². The number of hydrogen-bond acceptors (Lipinski definition) is 4. The lowest BCUT2D eigenvalue weighted by molar-refractivity contribution is 0.123. The average Bonchev–Trinajstić information content (AvgIpc) is 2.93. The zero-order valence-corrected chi connectivity index (χ0v) is 16.2. The van der Waals surface area contributed by atoms with Gasteiger partial charge in [-0.1, -0.05) is 17.7 Å². The SMILES string of the molecule is Cc1ccc(S(=O)n2c(C)c(C)c3c(N4CCOCC4)ccnc32)cc1. The van der Waals surface area contributed by atoms with Crippen LogP contribution in [0, 0.1) is 20.8 Å². The van der Waals surface area contributed by atoms with Gasteiger partial charge in [0.05, 0.1) is 18.1 Å². The minimum absolute atomic E-state index is 0.734. The van der Waals surface area contributed by atoms with E-state index < -0.39 is 11.0 Å². The van der Waals surface area contributed by atoms with Crippen molar-refractivity contribution in [3.05, 3.63) is 53.3 Å². The van der Waals surface area contributed by atoms with Crippen molar-refractivity contribution in [1.29, 1.82) is 0 Å². The van der Waals surface area contributed by atoms with E-state index in [4.69, 9.17) is 4.74 Å². The Labute approximate surface area is 156 Å². The Balaban J connectivity index is 1.87. The van der Waals surface area contributed by atoms with Crippen LogP contribution in [0.3, 0.4) is 0 Å². The molecule has 0 aliphatic carbocycles. The first-order chi connectivity index (χ1) is 12.6. The second-order valence-electron chi connectivity index (χ2n) is 6.70. The molecular formula is C20H23N3O2S. The Morgan fingerprint density at radius 3 is 2.42 bits per heavy atom. The molecule has 5 nitrogen and oxygen atoms in total. The minimum Gasteiger partial charge on any atom is -0.378 e. The summed E-state index contributed by atoms with van der Waals surface area (Å²) < 4.78 is 20.6. The van der Waals surface area contributed by atoms with Gasteiger partial charge in [0, 0.05) is 36.1 Å². The molecule has 1 saturated heterocycles. The van der Waals surface area contributed by atoms with Crippen LogP contribution in [0.25, 0.3) is 11.0 Å². The van der Waals surface area contributed by atoms with Gasteiger partial charge in [-0.05, 0) is 44.5 Å². The van der Waals surface area contributed by atoms with Crippen LogP contribution in [0.5, 0.6) is 0 Å². The van der Waals surface area contributed by atoms with E-state index >= 15 is 0 Å². The predicted molar refractivity (Wildman–Crippen MR) is 105 cm³/mol. The Kier molecular flexibility index (Phi) is 4.54. The van der Waals surface area contributed by atoms with Crippen LogP contribution in [0.2, 0.25) is 0 Å². The first-order valence-corrected chi connectivity index (χ1v) is 9.97. The third-order valence-corrected chi connectivity index (χ3v) is 6.52. The Hall–Kier alpha value is -2.18. The number of hydrogen-bond donors (Lipinski definition) is 0. The molecule has 0 spiro atoms. The van der Waals surface area contributed by atoms with E-state index in [1.165, 1.54) is 0 Å². The first kappa shape index (κ1) is 17.2. The van der Waals surface area contributed by atoms with Crippen LogP contribution >= 0.6 is 0 Å². The van der Waals surface area contributed by atoms with E-state index in [1.807, 2.05) is 48.3 Å². The van der Waals surface area contributed by atoms with E-state index in [0.717, 1.165) is 64.7 Å². The van der Waals surface area contributed by atoms with Crippen molar-refractivity contribution in [2.45, 2.75) is 25.7 Å². The maximum absolute atomic E-state index is 13.3. The third-order valence-electron chi connectivity index (χ3n) is 5.06. The smallest absolute Gasteiger partial charge is 0.158 e. The molecule has 1 atom stereocenters. The summed E-state index contributed by atoms with van der Waals surface area (Å²) >= 11 is 0. The highest BCUT2D eigenvalue weighted by atomic mass is 32.2. The van der Waals surface area contributed by atoms with Crippen LogP contribution in [-0.4, -0.2) is 39.5 Å². The van der Waals surface area contributed by atoms with Gasteiger partial charge >= 0.3 is 0 Å². The van der Waals surface area contributed by atoms with Gasteiger partial charge in [-0.3, -0.25) is 0 Å². The predicted octanol–water partition coefficient (Wildman–Crippen LogP) is 3.37. The molecule has 1 aliphatic heterocycles. The maximum Gasteiger partial charge on any atom is 0.158 e. The molecule has 1 unspecified atom stereocenters. The maximum atomic E-state index is 13.3. The fourth-order valence-electron chi connectivity index (χ4n) is 3.48. The van der Waals surface area contributed by atoms with E-state index in [1.54, 1.807) is 0 Å². The topological polar surface area (TPSA) is 47.4 Å². The number of ether oxygens (including phenoxy) is 1. The summed E-state index contributed by atoms with van der Waals surface area (Å²) in [5.41, 5.74) is 5.22. The molecule has 1 aliphatic rings. The summed E-state index contributed by atoms with van der Waals surface area (Å²) in [6.45, 7) is 9.34. The van der Waals surface area contributed by atoms with E-state index in [-0.39, 0.29) is 0 Å². The zero-order valence-electron chi connectivity index (χ0n) is 15.4. The molecule has 3 aromatic rings. The Bertz CT molecular complexity index is 973. The van der Waals surface area contributed by atoms with Crippen LogP contribution in [0.4, 0.5) is 5.69 Å². The lowest BCUT2D eigenvalue weighted by Gasteiger charge is -2.29. The number of aromatic nitrogens is 2. The van der Waals surface area contributed by atoms with Gasteiger partial charge in [0.1, 0.15) is 0 Å². The van der Waals surface area contributed by atoms with Crippen LogP contribution < -0.4 is 4.90 Å². The summed E-state index contributed by atoms with van der Waals surface area (Å²) in [6, 6.07) is 9.90. The molecule has 0 saturated carbocycles. The molecule has 0 N–H and O–H groups in total. The second-order valence-corrected chi connectivity index (χ2v) is 8.03. The van der Waals surface area contributed by atoms with Crippen molar-refractivity contribution in [2.24, 2.45) is 0 Å². The number of benzene rings is 1. The first-order valence-electron chi connectivity index (χ1n) is 8.86. The molecule has 3 heterocycles. The number of rotatable bonds is 3. The quantitative estimate of drug-likeness (QED) is 0.710.